The van der Waals surface area contributed by atoms with Crippen LogP contribution in [0.1, 0.15) is 16.1 Å². The van der Waals surface area contributed by atoms with E-state index in [4.69, 9.17) is 5.73 Å². The van der Waals surface area contributed by atoms with Gasteiger partial charge in [-0.05, 0) is 36.8 Å². The van der Waals surface area contributed by atoms with E-state index in [0.29, 0.717) is 5.69 Å². The predicted molar refractivity (Wildman–Crippen MR) is 92.6 cm³/mol. The fourth-order valence-corrected chi connectivity index (χ4v) is 2.53. The Morgan fingerprint density at radius 3 is 2.74 bits per heavy atom. The fourth-order valence-electron chi connectivity index (χ4n) is 2.14. The van der Waals surface area contributed by atoms with Crippen LogP contribution in [0.15, 0.2) is 53.0 Å². The van der Waals surface area contributed by atoms with Gasteiger partial charge in [0.25, 0.3) is 5.91 Å². The molecule has 0 bridgehead atoms. The molecule has 2 aromatic carbocycles. The van der Waals surface area contributed by atoms with Gasteiger partial charge in [0, 0.05) is 10.2 Å². The Balaban J connectivity index is 1.90. The Kier molecular flexibility index (Phi) is 4.12. The molecule has 23 heavy (non-hydrogen) atoms. The standard InChI is InChI=1S/C16H14BrN5O/c1-10-5-2-3-8-13(10)19-16(23)14-15(18)22(21-20-14)12-7-4-6-11(17)9-12/h2-9H,18H2,1H3,(H,19,23). The van der Waals surface area contributed by atoms with Crippen LogP contribution in [0.5, 0.6) is 0 Å². The summed E-state index contributed by atoms with van der Waals surface area (Å²) in [6.07, 6.45) is 0. The molecule has 7 heteroatoms. The van der Waals surface area contributed by atoms with Gasteiger partial charge in [0.1, 0.15) is 0 Å². The van der Waals surface area contributed by atoms with Gasteiger partial charge in [0.05, 0.1) is 5.69 Å². The Labute approximate surface area is 141 Å². The minimum Gasteiger partial charge on any atom is -0.382 e. The summed E-state index contributed by atoms with van der Waals surface area (Å²) < 4.78 is 2.31. The van der Waals surface area contributed by atoms with E-state index in [0.717, 1.165) is 15.7 Å². The number of nitrogens with one attached hydrogen (secondary N) is 1. The van der Waals surface area contributed by atoms with Gasteiger partial charge >= 0.3 is 0 Å². The van der Waals surface area contributed by atoms with Crippen LogP contribution >= 0.6 is 15.9 Å². The number of amides is 1. The molecule has 0 aliphatic rings. The van der Waals surface area contributed by atoms with E-state index >= 15 is 0 Å². The number of benzene rings is 2. The molecular weight excluding hydrogens is 358 g/mol. The molecule has 0 saturated carbocycles. The molecule has 6 nitrogen and oxygen atoms in total. The van der Waals surface area contributed by atoms with Gasteiger partial charge < -0.3 is 11.1 Å². The van der Waals surface area contributed by atoms with Crippen LogP contribution in [-0.4, -0.2) is 20.9 Å². The van der Waals surface area contributed by atoms with E-state index in [2.05, 4.69) is 31.6 Å². The van der Waals surface area contributed by atoms with Crippen LogP contribution < -0.4 is 11.1 Å². The summed E-state index contributed by atoms with van der Waals surface area (Å²) in [6.45, 7) is 1.91. The van der Waals surface area contributed by atoms with Gasteiger partial charge in [0.15, 0.2) is 11.5 Å². The number of carbonyl (C=O) groups excluding carboxylic acids is 1. The van der Waals surface area contributed by atoms with Crippen molar-refractivity contribution in [1.82, 2.24) is 15.0 Å². The summed E-state index contributed by atoms with van der Waals surface area (Å²) >= 11 is 3.39. The maximum absolute atomic E-state index is 12.4. The number of hydrogen-bond acceptors (Lipinski definition) is 4. The molecule has 0 aliphatic carbocycles. The number of halogens is 1. The molecule has 0 unspecified atom stereocenters. The molecule has 1 amide bonds. The first-order chi connectivity index (χ1) is 11.1. The lowest BCUT2D eigenvalue weighted by molar-refractivity contribution is 0.102. The summed E-state index contributed by atoms with van der Waals surface area (Å²) in [7, 11) is 0. The van der Waals surface area contributed by atoms with Gasteiger partial charge in [-0.25, -0.2) is 0 Å². The zero-order valence-electron chi connectivity index (χ0n) is 12.3. The van der Waals surface area contributed by atoms with Gasteiger partial charge in [-0.1, -0.05) is 45.4 Å². The number of anilines is 2. The molecule has 0 saturated heterocycles. The van der Waals surface area contributed by atoms with Gasteiger partial charge in [-0.15, -0.1) is 5.10 Å². The number of aromatic nitrogens is 3. The van der Waals surface area contributed by atoms with E-state index < -0.39 is 5.91 Å². The summed E-state index contributed by atoms with van der Waals surface area (Å²) in [5.41, 5.74) is 8.53. The zero-order chi connectivity index (χ0) is 16.4. The lowest BCUT2D eigenvalue weighted by Gasteiger charge is -2.07. The fraction of sp³-hybridized carbons (Fsp3) is 0.0625. The quantitative estimate of drug-likeness (QED) is 0.740. The van der Waals surface area contributed by atoms with Crippen LogP contribution in [-0.2, 0) is 0 Å². The highest BCUT2D eigenvalue weighted by atomic mass is 79.9. The predicted octanol–water partition coefficient (Wildman–Crippen LogP) is 3.17. The summed E-state index contributed by atoms with van der Waals surface area (Å²) in [5, 5.41) is 10.7. The van der Waals surface area contributed by atoms with Crippen molar-refractivity contribution in [3.63, 3.8) is 0 Å². The second-order valence-corrected chi connectivity index (χ2v) is 5.90. The molecule has 116 valence electrons. The van der Waals surface area contributed by atoms with Crippen LogP contribution in [0.25, 0.3) is 5.69 Å². The van der Waals surface area contributed by atoms with Crippen LogP contribution in [0.3, 0.4) is 0 Å². The Morgan fingerprint density at radius 2 is 2.00 bits per heavy atom. The molecule has 0 spiro atoms. The molecular formula is C16H14BrN5O. The highest BCUT2D eigenvalue weighted by Crippen LogP contribution is 2.20. The van der Waals surface area contributed by atoms with Crippen molar-refractivity contribution in [1.29, 1.82) is 0 Å². The molecule has 0 atom stereocenters. The lowest BCUT2D eigenvalue weighted by Crippen LogP contribution is -2.15. The second-order valence-electron chi connectivity index (χ2n) is 4.98. The van der Waals surface area contributed by atoms with Crippen molar-refractivity contribution < 1.29 is 4.79 Å². The number of nitrogens with zero attached hydrogens (tertiary/aromatic N) is 3. The molecule has 1 heterocycles. The van der Waals surface area contributed by atoms with Crippen LogP contribution in [0.4, 0.5) is 11.5 Å². The average Bonchev–Trinajstić information content (AvgIpc) is 2.91. The number of rotatable bonds is 3. The molecule has 3 aromatic rings. The van der Waals surface area contributed by atoms with Crippen LogP contribution in [0.2, 0.25) is 0 Å². The van der Waals surface area contributed by atoms with Crippen molar-refractivity contribution in [2.24, 2.45) is 0 Å². The van der Waals surface area contributed by atoms with E-state index in [9.17, 15) is 4.79 Å². The number of aryl methyl sites for hydroxylation is 1. The lowest BCUT2D eigenvalue weighted by atomic mass is 10.2. The van der Waals surface area contributed by atoms with Crippen molar-refractivity contribution in [2.75, 3.05) is 11.1 Å². The number of nitrogens with two attached hydrogens (primary N) is 1. The Hall–Kier alpha value is -2.67. The molecule has 0 fully saturated rings. The largest absolute Gasteiger partial charge is 0.382 e. The maximum atomic E-state index is 12.4. The highest BCUT2D eigenvalue weighted by molar-refractivity contribution is 9.10. The first kappa shape index (κ1) is 15.2. The number of carbonyl (C=O) groups is 1. The van der Waals surface area contributed by atoms with Gasteiger partial charge in [0.2, 0.25) is 0 Å². The molecule has 3 rings (SSSR count). The van der Waals surface area contributed by atoms with Crippen molar-refractivity contribution in [3.8, 4) is 5.69 Å². The first-order valence-electron chi connectivity index (χ1n) is 6.90. The SMILES string of the molecule is Cc1ccccc1NC(=O)c1nnn(-c2cccc(Br)c2)c1N. The van der Waals surface area contributed by atoms with E-state index in [1.54, 1.807) is 0 Å². The second kappa shape index (κ2) is 6.21. The first-order valence-corrected chi connectivity index (χ1v) is 7.69. The average molecular weight is 372 g/mol. The van der Waals surface area contributed by atoms with Crippen molar-refractivity contribution in [3.05, 3.63) is 64.3 Å². The third-order valence-corrected chi connectivity index (χ3v) is 3.86. The maximum Gasteiger partial charge on any atom is 0.280 e. The summed E-state index contributed by atoms with van der Waals surface area (Å²) in [6, 6.07) is 14.9. The smallest absolute Gasteiger partial charge is 0.280 e. The number of nitrogen functional groups attached to an aromatic ring is 1. The Bertz CT molecular complexity index is 874. The molecule has 0 aliphatic heterocycles. The summed E-state index contributed by atoms with van der Waals surface area (Å²) in [5.74, 6) is -0.202. The van der Waals surface area contributed by atoms with E-state index in [1.807, 2.05) is 55.5 Å². The van der Waals surface area contributed by atoms with Gasteiger partial charge in [-0.3, -0.25) is 4.79 Å². The van der Waals surface area contributed by atoms with Crippen molar-refractivity contribution in [2.45, 2.75) is 6.92 Å². The summed E-state index contributed by atoms with van der Waals surface area (Å²) in [4.78, 5) is 12.4. The molecule has 1 aromatic heterocycles. The van der Waals surface area contributed by atoms with Crippen molar-refractivity contribution >= 4 is 33.3 Å². The Morgan fingerprint density at radius 1 is 1.22 bits per heavy atom. The van der Waals surface area contributed by atoms with E-state index in [1.165, 1.54) is 4.68 Å². The van der Waals surface area contributed by atoms with E-state index in [-0.39, 0.29) is 11.5 Å². The minimum atomic E-state index is -0.391. The van der Waals surface area contributed by atoms with Crippen LogP contribution in [0, 0.1) is 6.92 Å². The highest BCUT2D eigenvalue weighted by Gasteiger charge is 2.19. The molecule has 3 N–H and O–H groups in total. The topological polar surface area (TPSA) is 85.8 Å². The monoisotopic (exact) mass is 371 g/mol. The normalized spacial score (nSPS) is 10.5. The van der Waals surface area contributed by atoms with Gasteiger partial charge in [-0.2, -0.15) is 4.68 Å². The number of para-hydroxylation sites is 1. The third-order valence-electron chi connectivity index (χ3n) is 3.37. The minimum absolute atomic E-state index is 0.0910. The zero-order valence-corrected chi connectivity index (χ0v) is 13.9. The third kappa shape index (κ3) is 3.09. The number of hydrogen-bond donors (Lipinski definition) is 2. The molecule has 0 radical (unpaired) electrons.